The summed E-state index contributed by atoms with van der Waals surface area (Å²) in [4.78, 5) is 25.5. The third-order valence-corrected chi connectivity index (χ3v) is 6.06. The molecule has 0 fully saturated rings. The molecule has 0 radical (unpaired) electrons. The van der Waals surface area contributed by atoms with Crippen LogP contribution in [0.2, 0.25) is 0 Å². The van der Waals surface area contributed by atoms with Gasteiger partial charge in [0.2, 0.25) is 0 Å². The summed E-state index contributed by atoms with van der Waals surface area (Å²) >= 11 is 6.34. The van der Waals surface area contributed by atoms with E-state index in [0.29, 0.717) is 25.9 Å². The summed E-state index contributed by atoms with van der Waals surface area (Å²) in [6.45, 7) is 4.24. The van der Waals surface area contributed by atoms with Crippen LogP contribution >= 0.6 is 0 Å². The number of Topliss-reactive ketones (excluding diaryl/α,β-unsaturated/α-hetero) is 2. The summed E-state index contributed by atoms with van der Waals surface area (Å²) in [7, 11) is 0. The molecule has 28 heavy (non-hydrogen) atoms. The van der Waals surface area contributed by atoms with E-state index in [2.05, 4.69) is 36.1 Å². The second kappa shape index (κ2) is 10.8. The second-order valence-electron chi connectivity index (χ2n) is 6.62. The van der Waals surface area contributed by atoms with Gasteiger partial charge in [0.1, 0.15) is 0 Å². The molecular weight excluding hydrogens is 482 g/mol. The summed E-state index contributed by atoms with van der Waals surface area (Å²) in [5.41, 5.74) is 9.78. The molecular formula is C22H24N2O2Se2. The number of carbonyl (C=O) groups is 2. The predicted molar refractivity (Wildman–Crippen MR) is 117 cm³/mol. The Balaban J connectivity index is 2.44. The molecule has 0 aliphatic carbocycles. The zero-order chi connectivity index (χ0) is 20.7. The molecule has 4 nitrogen and oxygen atoms in total. The number of rotatable bonds is 10. The van der Waals surface area contributed by atoms with E-state index in [4.69, 9.17) is 5.73 Å². The van der Waals surface area contributed by atoms with Crippen LogP contribution in [-0.4, -0.2) is 69.8 Å². The second-order valence-corrected chi connectivity index (χ2v) is 8.25. The van der Waals surface area contributed by atoms with E-state index in [0.717, 1.165) is 31.3 Å². The van der Waals surface area contributed by atoms with Gasteiger partial charge < -0.3 is 0 Å². The third kappa shape index (κ3) is 5.91. The Bertz CT molecular complexity index is 837. The number of benzene rings is 2. The van der Waals surface area contributed by atoms with Crippen LogP contribution in [0.4, 0.5) is 0 Å². The van der Waals surface area contributed by atoms with Crippen LogP contribution in [-0.2, 0) is 22.4 Å². The van der Waals surface area contributed by atoms with Crippen molar-refractivity contribution in [1.29, 1.82) is 0 Å². The van der Waals surface area contributed by atoms with Gasteiger partial charge in [0, 0.05) is 0 Å². The van der Waals surface area contributed by atoms with E-state index >= 15 is 0 Å². The SMILES string of the molecule is CC(=O)Cc1ccccc1C(=[Se])N(CCN)C(=[Se])c1ccccc1CC(C)=O. The fourth-order valence-corrected chi connectivity index (χ4v) is 4.91. The zero-order valence-corrected chi connectivity index (χ0v) is 19.5. The van der Waals surface area contributed by atoms with Gasteiger partial charge in [-0.15, -0.1) is 0 Å². The number of nitrogens with two attached hydrogens (primary N) is 1. The van der Waals surface area contributed by atoms with Crippen molar-refractivity contribution in [1.82, 2.24) is 4.90 Å². The number of ketones is 2. The average molecular weight is 506 g/mol. The van der Waals surface area contributed by atoms with E-state index in [1.807, 2.05) is 48.5 Å². The Labute approximate surface area is 182 Å². The van der Waals surface area contributed by atoms with Gasteiger partial charge in [-0.25, -0.2) is 0 Å². The molecule has 0 unspecified atom stereocenters. The molecule has 0 spiro atoms. The monoisotopic (exact) mass is 508 g/mol. The van der Waals surface area contributed by atoms with E-state index in [1.165, 1.54) is 0 Å². The van der Waals surface area contributed by atoms with Crippen LogP contribution in [0.5, 0.6) is 0 Å². The predicted octanol–water partition coefficient (Wildman–Crippen LogP) is 1.20. The molecule has 0 aliphatic rings. The molecule has 0 saturated carbocycles. The summed E-state index contributed by atoms with van der Waals surface area (Å²) in [6, 6.07) is 15.7. The minimum atomic E-state index is 0.115. The van der Waals surface area contributed by atoms with Gasteiger partial charge in [0.15, 0.2) is 0 Å². The Kier molecular flexibility index (Phi) is 8.68. The van der Waals surface area contributed by atoms with E-state index in [1.54, 1.807) is 13.8 Å². The summed E-state index contributed by atoms with van der Waals surface area (Å²) in [5.74, 6) is 0.231. The molecule has 0 amide bonds. The summed E-state index contributed by atoms with van der Waals surface area (Å²) < 4.78 is 1.79. The van der Waals surface area contributed by atoms with E-state index in [9.17, 15) is 9.59 Å². The van der Waals surface area contributed by atoms with Crippen molar-refractivity contribution in [2.75, 3.05) is 13.1 Å². The topological polar surface area (TPSA) is 63.4 Å². The fraction of sp³-hybridized carbons (Fsp3) is 0.273. The van der Waals surface area contributed by atoms with Crippen LogP contribution in [0.15, 0.2) is 48.5 Å². The van der Waals surface area contributed by atoms with Crippen LogP contribution in [0.1, 0.15) is 36.1 Å². The maximum atomic E-state index is 11.7. The van der Waals surface area contributed by atoms with Gasteiger partial charge in [-0.1, -0.05) is 0 Å². The normalized spacial score (nSPS) is 10.4. The van der Waals surface area contributed by atoms with Crippen LogP contribution in [0.25, 0.3) is 0 Å². The molecule has 2 aromatic rings. The van der Waals surface area contributed by atoms with Crippen molar-refractivity contribution >= 4 is 51.8 Å². The van der Waals surface area contributed by atoms with Gasteiger partial charge in [-0.05, 0) is 0 Å². The van der Waals surface area contributed by atoms with Crippen LogP contribution in [0.3, 0.4) is 0 Å². The van der Waals surface area contributed by atoms with Gasteiger partial charge in [-0.2, -0.15) is 0 Å². The first-order valence-electron chi connectivity index (χ1n) is 9.06. The van der Waals surface area contributed by atoms with Gasteiger partial charge in [-0.3, -0.25) is 0 Å². The zero-order valence-electron chi connectivity index (χ0n) is 16.1. The molecule has 2 aromatic carbocycles. The molecule has 0 aliphatic heterocycles. The standard InChI is InChI=1S/C22H24N2O2Se2/c1-15(25)13-17-7-3-5-9-19(17)21(27)24(12-11-23)22(28)20-10-6-4-8-18(20)14-16(2)26/h3-10H,11-14,23H2,1-2H3. The van der Waals surface area contributed by atoms with Crippen molar-refractivity contribution in [3.05, 3.63) is 70.8 Å². The van der Waals surface area contributed by atoms with Crippen molar-refractivity contribution in [3.63, 3.8) is 0 Å². The number of nitrogens with zero attached hydrogens (tertiary/aromatic N) is 1. The minimum absolute atomic E-state index is 0.115. The van der Waals surface area contributed by atoms with Crippen molar-refractivity contribution in [3.8, 4) is 0 Å². The first kappa shape index (κ1) is 22.6. The van der Waals surface area contributed by atoms with Gasteiger partial charge in [0.25, 0.3) is 0 Å². The molecule has 0 atom stereocenters. The quantitative estimate of drug-likeness (QED) is 0.493. The molecule has 0 saturated heterocycles. The van der Waals surface area contributed by atoms with Crippen LogP contribution in [0, 0.1) is 0 Å². The molecule has 6 heteroatoms. The number of carbonyl (C=O) groups excluding carboxylic acids is 2. The first-order valence-corrected chi connectivity index (χ1v) is 10.8. The number of hydrogen-bond donors (Lipinski definition) is 1. The summed E-state index contributed by atoms with van der Waals surface area (Å²) in [5, 5.41) is 0. The third-order valence-electron chi connectivity index (χ3n) is 4.22. The Hall–Kier alpha value is -1.68. The average Bonchev–Trinajstić information content (AvgIpc) is 2.65. The molecule has 0 heterocycles. The number of hydrogen-bond acceptors (Lipinski definition) is 4. The van der Waals surface area contributed by atoms with Crippen molar-refractivity contribution in [2.45, 2.75) is 26.7 Å². The molecule has 2 N–H and O–H groups in total. The maximum absolute atomic E-state index is 11.7. The van der Waals surface area contributed by atoms with E-state index < -0.39 is 0 Å². The Morgan fingerprint density at radius 2 is 1.21 bits per heavy atom. The molecule has 146 valence electrons. The Morgan fingerprint density at radius 1 is 0.821 bits per heavy atom. The van der Waals surface area contributed by atoms with Gasteiger partial charge in [0.05, 0.1) is 0 Å². The first-order chi connectivity index (χ1) is 13.3. The molecule has 0 aromatic heterocycles. The summed E-state index contributed by atoms with van der Waals surface area (Å²) in [6.07, 6.45) is 0.753. The van der Waals surface area contributed by atoms with Crippen molar-refractivity contribution in [2.24, 2.45) is 5.73 Å². The van der Waals surface area contributed by atoms with E-state index in [-0.39, 0.29) is 11.6 Å². The van der Waals surface area contributed by atoms with Crippen LogP contribution < -0.4 is 5.73 Å². The van der Waals surface area contributed by atoms with Gasteiger partial charge >= 0.3 is 183 Å². The fourth-order valence-electron chi connectivity index (χ4n) is 3.02. The molecule has 0 bridgehead atoms. The molecule has 2 rings (SSSR count). The van der Waals surface area contributed by atoms with Crippen molar-refractivity contribution < 1.29 is 9.59 Å². The Morgan fingerprint density at radius 3 is 1.57 bits per heavy atom.